The minimum atomic E-state index is -0.940. The number of nitrogens with one attached hydrogen (secondary N) is 3. The maximum absolute atomic E-state index is 13.7. The van der Waals surface area contributed by atoms with Crippen molar-refractivity contribution in [2.45, 2.75) is 43.9 Å². The quantitative estimate of drug-likeness (QED) is 0.313. The van der Waals surface area contributed by atoms with E-state index in [1.165, 1.54) is 0 Å². The highest BCUT2D eigenvalue weighted by atomic mass is 16.3. The van der Waals surface area contributed by atoms with Crippen LogP contribution in [-0.2, 0) is 20.8 Å². The van der Waals surface area contributed by atoms with Crippen LogP contribution in [0.15, 0.2) is 48.7 Å². The van der Waals surface area contributed by atoms with E-state index in [2.05, 4.69) is 16.0 Å². The lowest BCUT2D eigenvalue weighted by atomic mass is 10.0. The predicted octanol–water partition coefficient (Wildman–Crippen LogP) is -0.0572. The highest BCUT2D eigenvalue weighted by molar-refractivity contribution is 6.08. The molecule has 2 aliphatic heterocycles. The molecule has 0 aliphatic carbocycles. The second-order valence-electron chi connectivity index (χ2n) is 8.83. The number of carbonyl (C=O) groups is 3. The molecular weight excluding hydrogens is 422 g/mol. The summed E-state index contributed by atoms with van der Waals surface area (Å²) in [6, 6.07) is 11.5. The van der Waals surface area contributed by atoms with Gasteiger partial charge in [0.25, 0.3) is 11.7 Å². The number of para-hydroxylation sites is 1. The van der Waals surface area contributed by atoms with Gasteiger partial charge < -0.3 is 20.5 Å². The molecule has 9 nitrogen and oxygen atoms in total. The van der Waals surface area contributed by atoms with Crippen LogP contribution >= 0.6 is 0 Å². The molecule has 9 heteroatoms. The summed E-state index contributed by atoms with van der Waals surface area (Å²) >= 11 is 0. The summed E-state index contributed by atoms with van der Waals surface area (Å²) in [4.78, 5) is 40.1. The standard InChI is InChI=1S/C24H29N5O4/c1-16-20(25-14-24(2,15-31)26-10-12-30)23(33)29-19(13-17-7-6-11-28(16)22(17)29)21(32)27-18-8-4-3-5-9-18/h3-9,11,15-16,19-20,25-26,30H,10,12-14H2,1-2H3/p+1. The summed E-state index contributed by atoms with van der Waals surface area (Å²) in [5.41, 5.74) is 0.687. The number of hydrogen-bond donors (Lipinski definition) is 4. The molecule has 3 heterocycles. The molecule has 4 atom stereocenters. The van der Waals surface area contributed by atoms with Crippen molar-refractivity contribution >= 4 is 29.6 Å². The third-order valence-corrected chi connectivity index (χ3v) is 6.39. The van der Waals surface area contributed by atoms with Crippen molar-refractivity contribution in [3.63, 3.8) is 0 Å². The molecule has 0 saturated carbocycles. The van der Waals surface area contributed by atoms with E-state index in [1.807, 2.05) is 60.2 Å². The highest BCUT2D eigenvalue weighted by Crippen LogP contribution is 2.35. The first-order valence-corrected chi connectivity index (χ1v) is 11.2. The lowest BCUT2D eigenvalue weighted by Crippen LogP contribution is -2.68. The van der Waals surface area contributed by atoms with Gasteiger partial charge in [0.05, 0.1) is 18.3 Å². The number of hydrogen-bond acceptors (Lipinski definition) is 6. The summed E-state index contributed by atoms with van der Waals surface area (Å²) in [6.07, 6.45) is 3.13. The first-order chi connectivity index (χ1) is 15.9. The van der Waals surface area contributed by atoms with Crippen LogP contribution < -0.4 is 25.4 Å². The van der Waals surface area contributed by atoms with Gasteiger partial charge in [0.1, 0.15) is 12.3 Å². The lowest BCUT2D eigenvalue weighted by Gasteiger charge is -2.34. The third kappa shape index (κ3) is 4.39. The predicted molar refractivity (Wildman–Crippen MR) is 123 cm³/mol. The Labute approximate surface area is 192 Å². The van der Waals surface area contributed by atoms with Crippen molar-refractivity contribution in [2.24, 2.45) is 0 Å². The molecule has 2 aliphatic rings. The van der Waals surface area contributed by atoms with Crippen molar-refractivity contribution in [1.29, 1.82) is 0 Å². The van der Waals surface area contributed by atoms with Crippen LogP contribution in [0, 0.1) is 0 Å². The van der Waals surface area contributed by atoms with Crippen LogP contribution in [-0.4, -0.2) is 60.5 Å². The SMILES string of the molecule is CC1C(NCC(C)(C=O)NCCO)C(=O)N2c3c(ccc[n+]31)CC2C(=O)Nc1ccccc1. The number of amides is 2. The zero-order valence-corrected chi connectivity index (χ0v) is 18.8. The van der Waals surface area contributed by atoms with E-state index < -0.39 is 17.6 Å². The summed E-state index contributed by atoms with van der Waals surface area (Å²) in [5.74, 6) is 0.307. The van der Waals surface area contributed by atoms with Gasteiger partial charge in [0, 0.05) is 30.8 Å². The summed E-state index contributed by atoms with van der Waals surface area (Å²) in [6.45, 7) is 4.03. The Morgan fingerprint density at radius 1 is 1.27 bits per heavy atom. The first-order valence-electron chi connectivity index (χ1n) is 11.2. The zero-order valence-electron chi connectivity index (χ0n) is 18.8. The van der Waals surface area contributed by atoms with Gasteiger partial charge in [-0.05, 0) is 38.1 Å². The molecule has 4 rings (SSSR count). The van der Waals surface area contributed by atoms with Crippen molar-refractivity contribution in [2.75, 3.05) is 29.9 Å². The number of carbonyl (C=O) groups excluding carboxylic acids is 3. The van der Waals surface area contributed by atoms with Crippen molar-refractivity contribution in [1.82, 2.24) is 10.6 Å². The fourth-order valence-electron chi connectivity index (χ4n) is 4.58. The van der Waals surface area contributed by atoms with E-state index in [0.29, 0.717) is 12.1 Å². The van der Waals surface area contributed by atoms with Crippen LogP contribution in [0.4, 0.5) is 11.5 Å². The van der Waals surface area contributed by atoms with Gasteiger partial charge in [0.2, 0.25) is 0 Å². The van der Waals surface area contributed by atoms with Crippen LogP contribution in [0.3, 0.4) is 0 Å². The Balaban J connectivity index is 1.59. The molecule has 2 amide bonds. The molecule has 0 bridgehead atoms. The average Bonchev–Trinajstić information content (AvgIpc) is 3.23. The Hall–Kier alpha value is -3.14. The zero-order chi connectivity index (χ0) is 23.6. The minimum absolute atomic E-state index is 0.0970. The van der Waals surface area contributed by atoms with E-state index in [1.54, 1.807) is 11.8 Å². The smallest absolute Gasteiger partial charge is 0.331 e. The molecule has 0 fully saturated rings. The van der Waals surface area contributed by atoms with Crippen LogP contribution in [0.2, 0.25) is 0 Å². The number of benzene rings is 1. The summed E-state index contributed by atoms with van der Waals surface area (Å²) < 4.78 is 2.02. The van der Waals surface area contributed by atoms with Crippen molar-refractivity contribution in [3.8, 4) is 0 Å². The monoisotopic (exact) mass is 452 g/mol. The molecule has 0 spiro atoms. The highest BCUT2D eigenvalue weighted by Gasteiger charge is 2.55. The minimum Gasteiger partial charge on any atom is -0.395 e. The third-order valence-electron chi connectivity index (χ3n) is 6.39. The van der Waals surface area contributed by atoms with E-state index in [9.17, 15) is 14.4 Å². The number of aldehydes is 1. The van der Waals surface area contributed by atoms with Crippen LogP contribution in [0.1, 0.15) is 25.5 Å². The fraction of sp³-hybridized carbons (Fsp3) is 0.417. The van der Waals surface area contributed by atoms with Gasteiger partial charge >= 0.3 is 5.91 Å². The molecular formula is C24H30N5O4+. The molecule has 4 unspecified atom stereocenters. The number of pyridine rings is 1. The first kappa shape index (κ1) is 23.0. The molecule has 174 valence electrons. The summed E-state index contributed by atoms with van der Waals surface area (Å²) in [7, 11) is 0. The van der Waals surface area contributed by atoms with E-state index >= 15 is 0 Å². The maximum Gasteiger partial charge on any atom is 0.331 e. The molecule has 1 aromatic heterocycles. The second kappa shape index (κ2) is 9.38. The number of nitrogens with zero attached hydrogens (tertiary/aromatic N) is 2. The topological polar surface area (TPSA) is 115 Å². The van der Waals surface area contributed by atoms with E-state index in [0.717, 1.165) is 17.7 Å². The molecule has 2 aromatic rings. The average molecular weight is 453 g/mol. The lowest BCUT2D eigenvalue weighted by molar-refractivity contribution is -0.711. The largest absolute Gasteiger partial charge is 0.395 e. The van der Waals surface area contributed by atoms with Crippen LogP contribution in [0.25, 0.3) is 0 Å². The molecule has 1 aromatic carbocycles. The number of rotatable bonds is 9. The Morgan fingerprint density at radius 3 is 2.73 bits per heavy atom. The molecule has 4 N–H and O–H groups in total. The van der Waals surface area contributed by atoms with Gasteiger partial charge in [-0.15, -0.1) is 0 Å². The number of aliphatic hydroxyl groups excluding tert-OH is 1. The number of anilines is 2. The number of aliphatic hydroxyl groups is 1. The Morgan fingerprint density at radius 2 is 2.03 bits per heavy atom. The maximum atomic E-state index is 13.7. The Bertz CT molecular complexity index is 1050. The number of aromatic nitrogens is 1. The van der Waals surface area contributed by atoms with Gasteiger partial charge in [-0.1, -0.05) is 18.2 Å². The van der Waals surface area contributed by atoms with Gasteiger partial charge in [-0.3, -0.25) is 10.1 Å². The van der Waals surface area contributed by atoms with Crippen LogP contribution in [0.5, 0.6) is 0 Å². The molecule has 0 radical (unpaired) electrons. The summed E-state index contributed by atoms with van der Waals surface area (Å²) in [5, 5.41) is 18.3. The fourth-order valence-corrected chi connectivity index (χ4v) is 4.58. The van der Waals surface area contributed by atoms with Gasteiger partial charge in [0.15, 0.2) is 12.1 Å². The van der Waals surface area contributed by atoms with Crippen molar-refractivity contribution in [3.05, 3.63) is 54.2 Å². The molecule has 0 saturated heterocycles. The number of β-amino-alcohol motifs (C(OH)–C–C–N with tert-alkyl or cyclic N) is 1. The van der Waals surface area contributed by atoms with E-state index in [4.69, 9.17) is 5.11 Å². The second-order valence-corrected chi connectivity index (χ2v) is 8.83. The Kier molecular flexibility index (Phi) is 6.55. The van der Waals surface area contributed by atoms with Gasteiger partial charge in [-0.2, -0.15) is 4.90 Å². The van der Waals surface area contributed by atoms with E-state index in [-0.39, 0.29) is 37.6 Å². The van der Waals surface area contributed by atoms with Gasteiger partial charge in [-0.25, -0.2) is 9.36 Å². The normalized spacial score (nSPS) is 23.1. The molecule has 33 heavy (non-hydrogen) atoms. The van der Waals surface area contributed by atoms with Crippen molar-refractivity contribution < 1.29 is 24.1 Å².